The van der Waals surface area contributed by atoms with Crippen LogP contribution >= 0.6 is 11.6 Å². The van der Waals surface area contributed by atoms with Crippen LogP contribution in [-0.4, -0.2) is 55.5 Å². The second-order valence-corrected chi connectivity index (χ2v) is 8.63. The highest BCUT2D eigenvalue weighted by Crippen LogP contribution is 2.33. The molecule has 1 saturated heterocycles. The average Bonchev–Trinajstić information content (AvgIpc) is 2.84. The summed E-state index contributed by atoms with van der Waals surface area (Å²) in [6, 6.07) is 11.2. The molecule has 1 amide bonds. The van der Waals surface area contributed by atoms with Gasteiger partial charge in [0.1, 0.15) is 6.04 Å². The van der Waals surface area contributed by atoms with Gasteiger partial charge in [-0.3, -0.25) is 14.9 Å². The van der Waals surface area contributed by atoms with Gasteiger partial charge in [-0.25, -0.2) is 4.99 Å². The Balaban J connectivity index is 1.54. The average molecular weight is 509 g/mol. The first-order valence-corrected chi connectivity index (χ1v) is 11.5. The number of carbonyl (C=O) groups excluding carboxylic acids is 2. The second kappa shape index (κ2) is 10.2. The van der Waals surface area contributed by atoms with Gasteiger partial charge >= 0.3 is 12.1 Å². The molecule has 0 bridgehead atoms. The Morgan fingerprint density at radius 1 is 1.11 bits per heavy atom. The molecule has 35 heavy (non-hydrogen) atoms. The molecular weight excluding hydrogens is 485 g/mol. The Kier molecular flexibility index (Phi) is 7.20. The first-order valence-electron chi connectivity index (χ1n) is 11.2. The van der Waals surface area contributed by atoms with Gasteiger partial charge in [-0.05, 0) is 42.8 Å². The molecule has 7 nitrogen and oxygen atoms in total. The summed E-state index contributed by atoms with van der Waals surface area (Å²) in [5, 5.41) is 3.22. The summed E-state index contributed by atoms with van der Waals surface area (Å²) >= 11 is 6.00. The number of amides is 1. The van der Waals surface area contributed by atoms with Crippen LogP contribution in [0.2, 0.25) is 5.02 Å². The van der Waals surface area contributed by atoms with Crippen LogP contribution in [0.4, 0.5) is 18.9 Å². The number of alkyl halides is 3. The van der Waals surface area contributed by atoms with E-state index < -0.39 is 35.6 Å². The third kappa shape index (κ3) is 5.53. The number of nitrogens with one attached hydrogen (secondary N) is 1. The largest absolute Gasteiger partial charge is 0.465 e. The lowest BCUT2D eigenvalue weighted by molar-refractivity contribution is -0.153. The fraction of sp³-hybridized carbons (Fsp3) is 0.375. The molecule has 1 fully saturated rings. The maximum Gasteiger partial charge on any atom is 0.416 e. The number of nitrogens with zero attached hydrogens (tertiary/aromatic N) is 3. The number of esters is 1. The van der Waals surface area contributed by atoms with Crippen molar-refractivity contribution < 1.29 is 27.5 Å². The number of aliphatic imine (C=N–C) groups is 1. The van der Waals surface area contributed by atoms with Crippen molar-refractivity contribution in [2.75, 3.05) is 37.7 Å². The summed E-state index contributed by atoms with van der Waals surface area (Å²) in [6.07, 6.45) is -4.41. The lowest BCUT2D eigenvalue weighted by Gasteiger charge is -2.39. The first kappa shape index (κ1) is 24.8. The zero-order chi connectivity index (χ0) is 25.2. The van der Waals surface area contributed by atoms with Crippen molar-refractivity contribution in [2.24, 2.45) is 10.9 Å². The maximum atomic E-state index is 13.1. The lowest BCUT2D eigenvalue weighted by Crippen LogP contribution is -2.57. The minimum atomic E-state index is -4.41. The van der Waals surface area contributed by atoms with Crippen molar-refractivity contribution in [1.82, 2.24) is 10.2 Å². The van der Waals surface area contributed by atoms with Gasteiger partial charge in [0, 0.05) is 36.9 Å². The van der Waals surface area contributed by atoms with E-state index in [2.05, 4.69) is 10.3 Å². The quantitative estimate of drug-likeness (QED) is 0.501. The molecule has 0 radical (unpaired) electrons. The van der Waals surface area contributed by atoms with Gasteiger partial charge < -0.3 is 14.5 Å². The van der Waals surface area contributed by atoms with Gasteiger partial charge in [-0.2, -0.15) is 13.2 Å². The Morgan fingerprint density at radius 2 is 1.77 bits per heavy atom. The number of benzene rings is 2. The number of hydrogen-bond donors (Lipinski definition) is 1. The van der Waals surface area contributed by atoms with E-state index in [-0.39, 0.29) is 6.61 Å². The molecule has 2 aliphatic heterocycles. The molecule has 0 aliphatic carbocycles. The van der Waals surface area contributed by atoms with Crippen molar-refractivity contribution in [3.8, 4) is 0 Å². The molecular formula is C24H24ClF3N4O3. The number of rotatable bonds is 4. The van der Waals surface area contributed by atoms with E-state index in [1.807, 2.05) is 9.80 Å². The molecule has 0 unspecified atom stereocenters. The van der Waals surface area contributed by atoms with E-state index in [9.17, 15) is 22.8 Å². The first-order chi connectivity index (χ1) is 16.7. The molecule has 1 N–H and O–H groups in total. The third-order valence-electron chi connectivity index (χ3n) is 5.96. The number of halogens is 4. The van der Waals surface area contributed by atoms with Crippen LogP contribution in [-0.2, 0) is 20.5 Å². The summed E-state index contributed by atoms with van der Waals surface area (Å²) in [5.41, 5.74) is 0.426. The summed E-state index contributed by atoms with van der Waals surface area (Å²) in [6.45, 7) is 3.50. The lowest BCUT2D eigenvalue weighted by atomic mass is 9.91. The van der Waals surface area contributed by atoms with E-state index in [4.69, 9.17) is 16.3 Å². The van der Waals surface area contributed by atoms with Gasteiger partial charge in [0.25, 0.3) is 0 Å². The standard InChI is InChI=1S/C24H24ClF3N4O3/c1-2-35-22(34)19-20(15-6-8-17(25)9-7-15)29-23(30-21(19)33)32-12-10-31(11-13-32)18-5-3-4-16(14-18)24(26,27)28/h3-9,14,19-20H,2,10-13H2,1H3,(H,29,30,33)/t19-,20-/m1/s1. The molecule has 4 rings (SSSR count). The molecule has 11 heteroatoms. The number of carbonyl (C=O) groups is 2. The fourth-order valence-electron chi connectivity index (χ4n) is 4.18. The highest BCUT2D eigenvalue weighted by molar-refractivity contribution is 6.30. The Labute approximate surface area is 205 Å². The highest BCUT2D eigenvalue weighted by atomic mass is 35.5. The zero-order valence-corrected chi connectivity index (χ0v) is 19.6. The number of anilines is 1. The molecule has 0 saturated carbocycles. The van der Waals surface area contributed by atoms with E-state index >= 15 is 0 Å². The van der Waals surface area contributed by atoms with E-state index in [0.717, 1.165) is 12.1 Å². The predicted molar refractivity (Wildman–Crippen MR) is 125 cm³/mol. The SMILES string of the molecule is CCOC(=O)[C@H]1C(=O)NC(N2CCN(c3cccc(C(F)(F)F)c3)CC2)=N[C@@H]1c1ccc(Cl)cc1. The van der Waals surface area contributed by atoms with Gasteiger partial charge in [0.15, 0.2) is 5.92 Å². The minimum Gasteiger partial charge on any atom is -0.465 e. The minimum absolute atomic E-state index is 0.129. The summed E-state index contributed by atoms with van der Waals surface area (Å²) in [4.78, 5) is 33.9. The fourth-order valence-corrected chi connectivity index (χ4v) is 4.31. The Hall–Kier alpha value is -3.27. The maximum absolute atomic E-state index is 13.1. The molecule has 0 aromatic heterocycles. The van der Waals surface area contributed by atoms with Crippen molar-refractivity contribution in [3.63, 3.8) is 0 Å². The van der Waals surface area contributed by atoms with Crippen molar-refractivity contribution >= 4 is 35.1 Å². The second-order valence-electron chi connectivity index (χ2n) is 8.19. The number of hydrogen-bond acceptors (Lipinski definition) is 6. The smallest absolute Gasteiger partial charge is 0.416 e. The van der Waals surface area contributed by atoms with E-state index in [1.165, 1.54) is 6.07 Å². The number of guanidine groups is 1. The van der Waals surface area contributed by atoms with Crippen LogP contribution in [0.3, 0.4) is 0 Å². The van der Waals surface area contributed by atoms with Crippen LogP contribution in [0, 0.1) is 5.92 Å². The van der Waals surface area contributed by atoms with Crippen molar-refractivity contribution in [3.05, 3.63) is 64.7 Å². The number of piperazine rings is 1. The van der Waals surface area contributed by atoms with Crippen molar-refractivity contribution in [2.45, 2.75) is 19.1 Å². The van der Waals surface area contributed by atoms with Crippen LogP contribution in [0.15, 0.2) is 53.5 Å². The van der Waals surface area contributed by atoms with Gasteiger partial charge in [0.2, 0.25) is 11.9 Å². The molecule has 186 valence electrons. The van der Waals surface area contributed by atoms with Crippen LogP contribution in [0.5, 0.6) is 0 Å². The molecule has 2 atom stereocenters. The monoisotopic (exact) mass is 508 g/mol. The van der Waals surface area contributed by atoms with Gasteiger partial charge in [-0.15, -0.1) is 0 Å². The Morgan fingerprint density at radius 3 is 2.40 bits per heavy atom. The van der Waals surface area contributed by atoms with Crippen LogP contribution in [0.1, 0.15) is 24.1 Å². The third-order valence-corrected chi connectivity index (χ3v) is 6.22. The normalized spacial score (nSPS) is 20.8. The number of ether oxygens (including phenoxy) is 1. The summed E-state index contributed by atoms with van der Waals surface area (Å²) in [7, 11) is 0. The molecule has 2 heterocycles. The summed E-state index contributed by atoms with van der Waals surface area (Å²) in [5.74, 6) is -2.01. The van der Waals surface area contributed by atoms with Gasteiger partial charge in [-0.1, -0.05) is 29.8 Å². The summed E-state index contributed by atoms with van der Waals surface area (Å²) < 4.78 is 44.4. The van der Waals surface area contributed by atoms with Gasteiger partial charge in [0.05, 0.1) is 12.2 Å². The highest BCUT2D eigenvalue weighted by Gasteiger charge is 2.42. The zero-order valence-electron chi connectivity index (χ0n) is 18.9. The predicted octanol–water partition coefficient (Wildman–Crippen LogP) is 3.89. The molecule has 2 aliphatic rings. The molecule has 2 aromatic rings. The van der Waals surface area contributed by atoms with E-state index in [0.29, 0.717) is 48.4 Å². The topological polar surface area (TPSA) is 74.2 Å². The molecule has 2 aromatic carbocycles. The Bertz CT molecular complexity index is 1120. The van der Waals surface area contributed by atoms with E-state index in [1.54, 1.807) is 37.3 Å². The van der Waals surface area contributed by atoms with Crippen molar-refractivity contribution in [1.29, 1.82) is 0 Å². The van der Waals surface area contributed by atoms with Crippen LogP contribution in [0.25, 0.3) is 0 Å². The molecule has 0 spiro atoms. The van der Waals surface area contributed by atoms with Crippen LogP contribution < -0.4 is 10.2 Å².